The lowest BCUT2D eigenvalue weighted by Crippen LogP contribution is -2.17. The average Bonchev–Trinajstić information content (AvgIpc) is 2.48. The van der Waals surface area contributed by atoms with Crippen LogP contribution in [0.1, 0.15) is 10.4 Å². The SMILES string of the molecule is NS(=O)(=O)c1cc(C(=O)Nc2ccc(F)c([N+](=O)[O-])c2)ccc1F. The zero-order valence-electron chi connectivity index (χ0n) is 11.7. The summed E-state index contributed by atoms with van der Waals surface area (Å²) in [5.74, 6) is -3.11. The number of nitrogens with two attached hydrogens (primary N) is 1. The zero-order valence-corrected chi connectivity index (χ0v) is 12.5. The van der Waals surface area contributed by atoms with E-state index in [1.165, 1.54) is 0 Å². The van der Waals surface area contributed by atoms with Gasteiger partial charge in [0.25, 0.3) is 5.91 Å². The predicted octanol–water partition coefficient (Wildman–Crippen LogP) is 1.77. The number of nitro benzene ring substituents is 1. The first-order valence-corrected chi connectivity index (χ1v) is 7.72. The summed E-state index contributed by atoms with van der Waals surface area (Å²) in [4.78, 5) is 20.8. The molecule has 0 aliphatic heterocycles. The molecule has 11 heteroatoms. The molecule has 2 aromatic rings. The van der Waals surface area contributed by atoms with Crippen LogP contribution in [0.5, 0.6) is 0 Å². The molecule has 0 atom stereocenters. The summed E-state index contributed by atoms with van der Waals surface area (Å²) < 4.78 is 49.1. The van der Waals surface area contributed by atoms with E-state index in [0.717, 1.165) is 36.4 Å². The Morgan fingerprint density at radius 1 is 1.12 bits per heavy atom. The largest absolute Gasteiger partial charge is 0.322 e. The maximum atomic E-state index is 13.4. The second kappa shape index (κ2) is 6.29. The van der Waals surface area contributed by atoms with E-state index in [-0.39, 0.29) is 11.3 Å². The maximum Gasteiger partial charge on any atom is 0.306 e. The van der Waals surface area contributed by atoms with Crippen LogP contribution in [-0.2, 0) is 10.0 Å². The molecule has 0 spiro atoms. The van der Waals surface area contributed by atoms with Gasteiger partial charge in [0.2, 0.25) is 15.8 Å². The number of sulfonamides is 1. The number of nitrogens with zero attached hydrogens (tertiary/aromatic N) is 1. The molecule has 8 nitrogen and oxygen atoms in total. The van der Waals surface area contributed by atoms with Crippen LogP contribution in [0.25, 0.3) is 0 Å². The molecule has 0 saturated heterocycles. The van der Waals surface area contributed by atoms with Crippen LogP contribution in [0.3, 0.4) is 0 Å². The minimum Gasteiger partial charge on any atom is -0.322 e. The van der Waals surface area contributed by atoms with Crippen molar-refractivity contribution in [1.29, 1.82) is 0 Å². The monoisotopic (exact) mass is 357 g/mol. The Hall–Kier alpha value is -2.92. The number of halogens is 2. The maximum absolute atomic E-state index is 13.4. The highest BCUT2D eigenvalue weighted by Gasteiger charge is 2.19. The van der Waals surface area contributed by atoms with E-state index >= 15 is 0 Å². The molecule has 0 heterocycles. The number of hydrogen-bond acceptors (Lipinski definition) is 5. The van der Waals surface area contributed by atoms with Crippen molar-refractivity contribution < 1.29 is 26.9 Å². The fourth-order valence-electron chi connectivity index (χ4n) is 1.80. The van der Waals surface area contributed by atoms with Crippen LogP contribution >= 0.6 is 0 Å². The first kappa shape index (κ1) is 17.4. The molecule has 0 aliphatic carbocycles. The third-order valence-corrected chi connectivity index (χ3v) is 3.83. The van der Waals surface area contributed by atoms with Gasteiger partial charge in [0, 0.05) is 17.3 Å². The molecule has 0 aromatic heterocycles. The minimum absolute atomic E-state index is 0.102. The van der Waals surface area contributed by atoms with Gasteiger partial charge in [0.15, 0.2) is 0 Å². The van der Waals surface area contributed by atoms with Crippen molar-refractivity contribution in [2.45, 2.75) is 4.90 Å². The topological polar surface area (TPSA) is 132 Å². The first-order chi connectivity index (χ1) is 11.1. The number of hydrogen-bond donors (Lipinski definition) is 2. The fourth-order valence-corrected chi connectivity index (χ4v) is 2.43. The summed E-state index contributed by atoms with van der Waals surface area (Å²) in [6, 6.07) is 5.10. The molecule has 0 unspecified atom stereocenters. The Labute approximate surface area is 134 Å². The smallest absolute Gasteiger partial charge is 0.306 e. The van der Waals surface area contributed by atoms with Crippen LogP contribution in [0.4, 0.5) is 20.2 Å². The van der Waals surface area contributed by atoms with E-state index < -0.39 is 43.1 Å². The molecule has 0 radical (unpaired) electrons. The average molecular weight is 357 g/mol. The molecule has 2 aromatic carbocycles. The summed E-state index contributed by atoms with van der Waals surface area (Å²) >= 11 is 0. The number of amides is 1. The normalized spacial score (nSPS) is 11.1. The summed E-state index contributed by atoms with van der Waals surface area (Å²) in [5, 5.41) is 17.7. The van der Waals surface area contributed by atoms with Gasteiger partial charge in [-0.25, -0.2) is 17.9 Å². The molecular weight excluding hydrogens is 348 g/mol. The van der Waals surface area contributed by atoms with Gasteiger partial charge in [-0.3, -0.25) is 14.9 Å². The van der Waals surface area contributed by atoms with Crippen molar-refractivity contribution in [3.8, 4) is 0 Å². The standard InChI is InChI=1S/C13H9F2N3O5S/c14-9-4-2-8(6-11(9)18(20)21)17-13(19)7-1-3-10(15)12(5-7)24(16,22)23/h1-6H,(H,17,19)(H2,16,22,23). The molecule has 0 saturated carbocycles. The van der Waals surface area contributed by atoms with E-state index in [0.29, 0.717) is 0 Å². The lowest BCUT2D eigenvalue weighted by molar-refractivity contribution is -0.387. The number of anilines is 1. The Bertz CT molecular complexity index is 947. The number of carbonyl (C=O) groups excluding carboxylic acids is 1. The Kier molecular flexibility index (Phi) is 4.57. The van der Waals surface area contributed by atoms with Gasteiger partial charge in [-0.15, -0.1) is 0 Å². The Morgan fingerprint density at radius 2 is 1.75 bits per heavy atom. The van der Waals surface area contributed by atoms with Gasteiger partial charge in [-0.1, -0.05) is 0 Å². The van der Waals surface area contributed by atoms with Crippen molar-refractivity contribution in [2.75, 3.05) is 5.32 Å². The molecule has 3 N–H and O–H groups in total. The van der Waals surface area contributed by atoms with E-state index in [1.54, 1.807) is 0 Å². The van der Waals surface area contributed by atoms with Crippen LogP contribution in [0.15, 0.2) is 41.3 Å². The third-order valence-electron chi connectivity index (χ3n) is 2.90. The van der Waals surface area contributed by atoms with Crippen molar-refractivity contribution in [2.24, 2.45) is 5.14 Å². The quantitative estimate of drug-likeness (QED) is 0.636. The molecule has 1 amide bonds. The molecular formula is C13H9F2N3O5S. The minimum atomic E-state index is -4.38. The van der Waals surface area contributed by atoms with E-state index in [2.05, 4.69) is 5.32 Å². The van der Waals surface area contributed by atoms with Crippen LogP contribution < -0.4 is 10.5 Å². The highest BCUT2D eigenvalue weighted by molar-refractivity contribution is 7.89. The zero-order chi connectivity index (χ0) is 18.1. The lowest BCUT2D eigenvalue weighted by Gasteiger charge is -2.07. The fraction of sp³-hybridized carbons (Fsp3) is 0. The number of primary sulfonamides is 1. The number of benzene rings is 2. The molecule has 2 rings (SSSR count). The van der Waals surface area contributed by atoms with Gasteiger partial charge in [-0.2, -0.15) is 4.39 Å². The summed E-state index contributed by atoms with van der Waals surface area (Å²) in [7, 11) is -4.38. The van der Waals surface area contributed by atoms with Crippen LogP contribution in [0, 0.1) is 21.7 Å². The number of nitro groups is 1. The van der Waals surface area contributed by atoms with Crippen molar-refractivity contribution in [3.05, 3.63) is 63.7 Å². The second-order valence-corrected chi connectivity index (χ2v) is 6.10. The first-order valence-electron chi connectivity index (χ1n) is 6.17. The van der Waals surface area contributed by atoms with Gasteiger partial charge in [-0.05, 0) is 30.3 Å². The van der Waals surface area contributed by atoms with Gasteiger partial charge in [0.05, 0.1) is 4.92 Å². The molecule has 0 bridgehead atoms. The highest BCUT2D eigenvalue weighted by Crippen LogP contribution is 2.22. The van der Waals surface area contributed by atoms with E-state index in [1.807, 2.05) is 0 Å². The summed E-state index contributed by atoms with van der Waals surface area (Å²) in [6.07, 6.45) is 0. The lowest BCUT2D eigenvalue weighted by atomic mass is 10.2. The second-order valence-electron chi connectivity index (χ2n) is 4.57. The third kappa shape index (κ3) is 3.70. The Morgan fingerprint density at radius 3 is 2.33 bits per heavy atom. The van der Waals surface area contributed by atoms with Gasteiger partial charge >= 0.3 is 5.69 Å². The van der Waals surface area contributed by atoms with Crippen molar-refractivity contribution >= 4 is 27.3 Å². The van der Waals surface area contributed by atoms with E-state index in [4.69, 9.17) is 5.14 Å². The van der Waals surface area contributed by atoms with Gasteiger partial charge < -0.3 is 5.32 Å². The van der Waals surface area contributed by atoms with Crippen LogP contribution in [0.2, 0.25) is 0 Å². The number of nitrogens with one attached hydrogen (secondary N) is 1. The number of carbonyl (C=O) groups is 1. The predicted molar refractivity (Wildman–Crippen MR) is 78.8 cm³/mol. The van der Waals surface area contributed by atoms with Crippen LogP contribution in [-0.4, -0.2) is 19.2 Å². The number of rotatable bonds is 4. The molecule has 126 valence electrons. The molecule has 0 aliphatic rings. The van der Waals surface area contributed by atoms with Crippen molar-refractivity contribution in [3.63, 3.8) is 0 Å². The Balaban J connectivity index is 2.34. The summed E-state index contributed by atoms with van der Waals surface area (Å²) in [6.45, 7) is 0. The molecule has 0 fully saturated rings. The summed E-state index contributed by atoms with van der Waals surface area (Å²) in [5.41, 5.74) is -1.21. The van der Waals surface area contributed by atoms with Gasteiger partial charge in [0.1, 0.15) is 10.7 Å². The van der Waals surface area contributed by atoms with E-state index in [9.17, 15) is 32.1 Å². The molecule has 24 heavy (non-hydrogen) atoms. The van der Waals surface area contributed by atoms with Crippen molar-refractivity contribution in [1.82, 2.24) is 0 Å². The highest BCUT2D eigenvalue weighted by atomic mass is 32.2.